The van der Waals surface area contributed by atoms with E-state index in [1.807, 2.05) is 12.1 Å². The molecule has 0 radical (unpaired) electrons. The summed E-state index contributed by atoms with van der Waals surface area (Å²) in [6.07, 6.45) is 6.72. The summed E-state index contributed by atoms with van der Waals surface area (Å²) in [4.78, 5) is 5.04. The van der Waals surface area contributed by atoms with Crippen LogP contribution in [0.5, 0.6) is 0 Å². The summed E-state index contributed by atoms with van der Waals surface area (Å²) in [7, 11) is 2.22. The molecule has 0 N–H and O–H groups in total. The normalized spacial score (nSPS) is 20.3. The lowest BCUT2D eigenvalue weighted by atomic mass is 9.94. The van der Waals surface area contributed by atoms with Gasteiger partial charge in [-0.2, -0.15) is 0 Å². The van der Waals surface area contributed by atoms with Crippen LogP contribution < -0.4 is 0 Å². The third-order valence-electron chi connectivity index (χ3n) is 6.47. The molecule has 27 heavy (non-hydrogen) atoms. The van der Waals surface area contributed by atoms with Crippen molar-refractivity contribution in [2.24, 2.45) is 0 Å². The van der Waals surface area contributed by atoms with Crippen molar-refractivity contribution in [3.05, 3.63) is 46.6 Å². The molecule has 0 bridgehead atoms. The molecule has 0 unspecified atom stereocenters. The van der Waals surface area contributed by atoms with E-state index < -0.39 is 0 Å². The van der Waals surface area contributed by atoms with Crippen molar-refractivity contribution in [2.45, 2.75) is 51.6 Å². The predicted molar refractivity (Wildman–Crippen MR) is 115 cm³/mol. The van der Waals surface area contributed by atoms with E-state index in [4.69, 9.17) is 11.6 Å². The van der Waals surface area contributed by atoms with Crippen molar-refractivity contribution in [2.75, 3.05) is 33.2 Å². The maximum Gasteiger partial charge on any atom is 0.0488 e. The van der Waals surface area contributed by atoms with Gasteiger partial charge in [-0.05, 0) is 56.1 Å². The van der Waals surface area contributed by atoms with Crippen LogP contribution in [0.15, 0.2) is 30.3 Å². The number of hydrogen-bond acceptors (Lipinski definition) is 2. The summed E-state index contributed by atoms with van der Waals surface area (Å²) < 4.78 is 2.65. The van der Waals surface area contributed by atoms with Gasteiger partial charge in [0.05, 0.1) is 0 Å². The van der Waals surface area contributed by atoms with Crippen LogP contribution in [0.2, 0.25) is 5.02 Å². The molecule has 4 heteroatoms. The molecule has 1 aliphatic carbocycles. The lowest BCUT2D eigenvalue weighted by Gasteiger charge is -2.32. The minimum absolute atomic E-state index is 0.644. The Morgan fingerprint density at radius 3 is 2.30 bits per heavy atom. The second-order valence-corrected chi connectivity index (χ2v) is 8.82. The van der Waals surface area contributed by atoms with Crippen molar-refractivity contribution >= 4 is 11.6 Å². The van der Waals surface area contributed by atoms with Gasteiger partial charge < -0.3 is 9.47 Å². The van der Waals surface area contributed by atoms with Crippen molar-refractivity contribution in [1.82, 2.24) is 14.4 Å². The number of nitrogens with zero attached hydrogens (tertiary/aromatic N) is 3. The first-order chi connectivity index (χ1) is 13.1. The van der Waals surface area contributed by atoms with E-state index >= 15 is 0 Å². The van der Waals surface area contributed by atoms with E-state index in [0.717, 1.165) is 11.6 Å². The zero-order valence-corrected chi connectivity index (χ0v) is 17.5. The van der Waals surface area contributed by atoms with Gasteiger partial charge in [-0.15, -0.1) is 0 Å². The van der Waals surface area contributed by atoms with Gasteiger partial charge in [0.1, 0.15) is 0 Å². The van der Waals surface area contributed by atoms with Crippen molar-refractivity contribution in [1.29, 1.82) is 0 Å². The van der Waals surface area contributed by atoms with E-state index in [9.17, 15) is 0 Å². The number of rotatable bonds is 4. The largest absolute Gasteiger partial charge is 0.342 e. The molecule has 146 valence electrons. The Kier molecular flexibility index (Phi) is 5.91. The number of halogens is 1. The summed E-state index contributed by atoms with van der Waals surface area (Å²) in [5, 5.41) is 0.809. The Morgan fingerprint density at radius 1 is 0.963 bits per heavy atom. The number of hydrogen-bond donors (Lipinski definition) is 0. The van der Waals surface area contributed by atoms with E-state index in [2.05, 4.69) is 46.5 Å². The third-order valence-corrected chi connectivity index (χ3v) is 6.72. The lowest BCUT2D eigenvalue weighted by Crippen LogP contribution is -2.43. The number of likely N-dealkylation sites (N-methyl/N-ethyl adjacent to an activating group) is 1. The summed E-state index contributed by atoms with van der Waals surface area (Å²) in [5.74, 6) is 0. The minimum atomic E-state index is 0.644. The van der Waals surface area contributed by atoms with E-state index in [0.29, 0.717) is 6.04 Å². The monoisotopic (exact) mass is 385 g/mol. The molecule has 2 aliphatic rings. The van der Waals surface area contributed by atoms with E-state index in [1.54, 1.807) is 0 Å². The summed E-state index contributed by atoms with van der Waals surface area (Å²) in [6.45, 7) is 8.08. The summed E-state index contributed by atoms with van der Waals surface area (Å²) >= 11 is 6.15. The molecule has 1 aromatic carbocycles. The van der Waals surface area contributed by atoms with E-state index in [-0.39, 0.29) is 0 Å². The first-order valence-electron chi connectivity index (χ1n) is 10.5. The molecular formula is C23H32ClN3. The molecule has 0 amide bonds. The van der Waals surface area contributed by atoms with Crippen molar-refractivity contribution in [3.8, 4) is 11.3 Å². The molecule has 2 aromatic rings. The molecule has 3 nitrogen and oxygen atoms in total. The Bertz CT molecular complexity index is 751. The number of benzene rings is 1. The molecule has 1 aliphatic heterocycles. The highest BCUT2D eigenvalue weighted by Crippen LogP contribution is 2.37. The van der Waals surface area contributed by atoms with Crippen LogP contribution in [0.4, 0.5) is 0 Å². The molecule has 2 fully saturated rings. The average molecular weight is 386 g/mol. The maximum absolute atomic E-state index is 6.15. The van der Waals surface area contributed by atoms with Crippen LogP contribution in [0.3, 0.4) is 0 Å². The summed E-state index contributed by atoms with van der Waals surface area (Å²) in [5.41, 5.74) is 5.62. The van der Waals surface area contributed by atoms with Crippen molar-refractivity contribution in [3.63, 3.8) is 0 Å². The van der Waals surface area contributed by atoms with Gasteiger partial charge in [0.15, 0.2) is 0 Å². The van der Waals surface area contributed by atoms with Gasteiger partial charge in [-0.25, -0.2) is 0 Å². The Labute approximate surface area is 168 Å². The SMILES string of the molecule is Cc1c(CN2CCN(C)CC2)cc(-c2ccc(Cl)cc2)n1C1CCCCC1. The van der Waals surface area contributed by atoms with Gasteiger partial charge in [-0.1, -0.05) is 43.0 Å². The second-order valence-electron chi connectivity index (χ2n) is 8.39. The fraction of sp³-hybridized carbons (Fsp3) is 0.565. The number of aromatic nitrogens is 1. The molecule has 4 rings (SSSR count). The molecular weight excluding hydrogens is 354 g/mol. The standard InChI is InChI=1S/C23H32ClN3/c1-18-20(17-26-14-12-25(2)13-15-26)16-23(19-8-10-21(24)11-9-19)27(18)22-6-4-3-5-7-22/h8-11,16,22H,3-7,12-15,17H2,1-2H3. The molecule has 0 atom stereocenters. The fourth-order valence-electron chi connectivity index (χ4n) is 4.73. The number of piperazine rings is 1. The Hall–Kier alpha value is -1.29. The lowest BCUT2D eigenvalue weighted by molar-refractivity contribution is 0.148. The van der Waals surface area contributed by atoms with Crippen LogP contribution in [-0.4, -0.2) is 47.6 Å². The van der Waals surface area contributed by atoms with Gasteiger partial charge in [0, 0.05) is 55.2 Å². The first kappa shape index (κ1) is 19.0. The van der Waals surface area contributed by atoms with Crippen LogP contribution in [0, 0.1) is 6.92 Å². The first-order valence-corrected chi connectivity index (χ1v) is 10.9. The second kappa shape index (κ2) is 8.38. The zero-order valence-electron chi connectivity index (χ0n) is 16.8. The van der Waals surface area contributed by atoms with Gasteiger partial charge in [-0.3, -0.25) is 4.90 Å². The van der Waals surface area contributed by atoms with Gasteiger partial charge in [0.2, 0.25) is 0 Å². The fourth-order valence-corrected chi connectivity index (χ4v) is 4.86. The summed E-state index contributed by atoms with van der Waals surface area (Å²) in [6, 6.07) is 11.5. The maximum atomic E-state index is 6.15. The quantitative estimate of drug-likeness (QED) is 0.700. The topological polar surface area (TPSA) is 11.4 Å². The Balaban J connectivity index is 1.66. The van der Waals surface area contributed by atoms with Crippen LogP contribution >= 0.6 is 11.6 Å². The van der Waals surface area contributed by atoms with Crippen LogP contribution in [0.25, 0.3) is 11.3 Å². The van der Waals surface area contributed by atoms with Gasteiger partial charge in [0.25, 0.3) is 0 Å². The zero-order chi connectivity index (χ0) is 18.8. The predicted octanol–water partition coefficient (Wildman–Crippen LogP) is 5.37. The van der Waals surface area contributed by atoms with Crippen molar-refractivity contribution < 1.29 is 0 Å². The molecule has 1 aromatic heterocycles. The molecule has 0 spiro atoms. The Morgan fingerprint density at radius 2 is 1.63 bits per heavy atom. The molecule has 1 saturated heterocycles. The minimum Gasteiger partial charge on any atom is -0.342 e. The third kappa shape index (κ3) is 4.26. The average Bonchev–Trinajstić information content (AvgIpc) is 3.01. The highest BCUT2D eigenvalue weighted by atomic mass is 35.5. The molecule has 1 saturated carbocycles. The van der Waals surface area contributed by atoms with Crippen LogP contribution in [0.1, 0.15) is 49.4 Å². The smallest absolute Gasteiger partial charge is 0.0488 e. The van der Waals surface area contributed by atoms with Crippen LogP contribution in [-0.2, 0) is 6.54 Å². The molecule has 2 heterocycles. The van der Waals surface area contributed by atoms with E-state index in [1.165, 1.54) is 80.8 Å². The highest BCUT2D eigenvalue weighted by molar-refractivity contribution is 6.30. The van der Waals surface area contributed by atoms with Gasteiger partial charge >= 0.3 is 0 Å². The highest BCUT2D eigenvalue weighted by Gasteiger charge is 2.24.